The summed E-state index contributed by atoms with van der Waals surface area (Å²) in [4.78, 5) is 9.47. The van der Waals surface area contributed by atoms with Gasteiger partial charge in [-0.3, -0.25) is 0 Å². The number of aromatic nitrogens is 1. The van der Waals surface area contributed by atoms with Crippen molar-refractivity contribution in [2.24, 2.45) is 5.10 Å². The molecular weight excluding hydrogens is 458 g/mol. The van der Waals surface area contributed by atoms with Crippen LogP contribution in [0.4, 0.5) is 11.5 Å². The van der Waals surface area contributed by atoms with Crippen molar-refractivity contribution in [2.75, 3.05) is 36.3 Å². The van der Waals surface area contributed by atoms with Crippen molar-refractivity contribution >= 4 is 34.2 Å². The summed E-state index contributed by atoms with van der Waals surface area (Å²) in [6, 6.07) is 21.2. The number of hydrogen-bond donors (Lipinski definition) is 0. The van der Waals surface area contributed by atoms with Crippen LogP contribution in [0.25, 0.3) is 17.0 Å². The Labute approximate surface area is 219 Å². The summed E-state index contributed by atoms with van der Waals surface area (Å²) in [5, 5.41) is 8.16. The molecule has 6 nitrogen and oxygen atoms in total. The van der Waals surface area contributed by atoms with Crippen molar-refractivity contribution in [3.8, 4) is 0 Å². The Kier molecular flexibility index (Phi) is 7.54. The third kappa shape index (κ3) is 5.53. The third-order valence-corrected chi connectivity index (χ3v) is 6.95. The van der Waals surface area contributed by atoms with Gasteiger partial charge in [0, 0.05) is 37.1 Å². The van der Waals surface area contributed by atoms with E-state index in [-0.39, 0.29) is 6.04 Å². The molecule has 1 aromatic heterocycles. The van der Waals surface area contributed by atoms with Gasteiger partial charge in [-0.2, -0.15) is 5.10 Å². The molecule has 0 aliphatic carbocycles. The largest absolute Gasteiger partial charge is 0.479 e. The highest BCUT2D eigenvalue weighted by molar-refractivity contribution is 6.01. The van der Waals surface area contributed by atoms with E-state index in [1.165, 1.54) is 11.3 Å². The van der Waals surface area contributed by atoms with E-state index >= 15 is 0 Å². The van der Waals surface area contributed by atoms with E-state index in [0.717, 1.165) is 54.2 Å². The highest BCUT2D eigenvalue weighted by Crippen LogP contribution is 2.27. The second-order valence-electron chi connectivity index (χ2n) is 9.22. The first-order valence-corrected chi connectivity index (χ1v) is 13.2. The number of para-hydroxylation sites is 1. The second-order valence-corrected chi connectivity index (χ2v) is 9.22. The summed E-state index contributed by atoms with van der Waals surface area (Å²) in [7, 11) is 0. The van der Waals surface area contributed by atoms with E-state index in [2.05, 4.69) is 97.3 Å². The molecule has 0 spiro atoms. The van der Waals surface area contributed by atoms with Crippen molar-refractivity contribution in [1.29, 1.82) is 0 Å². The van der Waals surface area contributed by atoms with E-state index < -0.39 is 0 Å². The van der Waals surface area contributed by atoms with Crippen LogP contribution in [0.1, 0.15) is 32.8 Å². The monoisotopic (exact) mass is 493 g/mol. The zero-order valence-electron chi connectivity index (χ0n) is 21.9. The highest BCUT2D eigenvalue weighted by Gasteiger charge is 2.26. The molecule has 3 heterocycles. The summed E-state index contributed by atoms with van der Waals surface area (Å²) in [6.45, 7) is 10.0. The molecule has 6 heteroatoms. The van der Waals surface area contributed by atoms with Crippen LogP contribution in [-0.4, -0.2) is 48.0 Å². The lowest BCUT2D eigenvalue weighted by atomic mass is 10.1. The number of ether oxygens (including phenoxy) is 1. The number of benzene rings is 2. The molecule has 0 bridgehead atoms. The van der Waals surface area contributed by atoms with Crippen molar-refractivity contribution in [3.05, 3.63) is 96.4 Å². The minimum Gasteiger partial charge on any atom is -0.479 e. The second kappa shape index (κ2) is 11.3. The molecule has 0 amide bonds. The van der Waals surface area contributed by atoms with Crippen LogP contribution in [0.15, 0.2) is 96.0 Å². The molecule has 37 heavy (non-hydrogen) atoms. The van der Waals surface area contributed by atoms with Gasteiger partial charge in [0.2, 0.25) is 0 Å². The lowest BCUT2D eigenvalue weighted by Crippen LogP contribution is -2.25. The molecule has 2 aliphatic rings. The lowest BCUT2D eigenvalue weighted by molar-refractivity contribution is 0.173. The summed E-state index contributed by atoms with van der Waals surface area (Å²) in [6.07, 6.45) is 11.3. The molecule has 0 radical (unpaired) electrons. The molecule has 2 aromatic carbocycles. The summed E-state index contributed by atoms with van der Waals surface area (Å²) in [5.74, 6) is 0.851. The number of likely N-dealkylation sites (N-methyl/N-ethyl adjacent to an activating group) is 1. The highest BCUT2D eigenvalue weighted by atomic mass is 16.5. The number of allylic oxidation sites excluding steroid dienone is 2. The topological polar surface area (TPSA) is 44.2 Å². The Hall–Kier alpha value is -4.06. The molecule has 0 saturated heterocycles. The molecule has 190 valence electrons. The van der Waals surface area contributed by atoms with Crippen molar-refractivity contribution in [1.82, 2.24) is 9.88 Å². The number of rotatable bonds is 9. The fourth-order valence-corrected chi connectivity index (χ4v) is 4.78. The quantitative estimate of drug-likeness (QED) is 0.343. The van der Waals surface area contributed by atoms with Gasteiger partial charge in [0.05, 0.1) is 23.0 Å². The first kappa shape index (κ1) is 24.6. The lowest BCUT2D eigenvalue weighted by Gasteiger charge is -2.21. The molecule has 2 aliphatic heterocycles. The summed E-state index contributed by atoms with van der Waals surface area (Å²) in [5.41, 5.74) is 5.51. The molecular formula is C31H35N5O. The summed E-state index contributed by atoms with van der Waals surface area (Å²) < 4.78 is 5.53. The Morgan fingerprint density at radius 1 is 0.946 bits per heavy atom. The fraction of sp³-hybridized carbons (Fsp3) is 0.290. The normalized spacial score (nSPS) is 17.6. The Morgan fingerprint density at radius 3 is 2.54 bits per heavy atom. The standard InChI is InChI=1S/C31H35N5O/c1-4-34(5-2)27-16-12-24(13-17-27)11-15-26-21-28(18-19-29-22-37-23-35(29)6-3)36(33-26)31-20-14-25-9-7-8-10-30(25)32-31/h7-20,22,28H,4-6,21,23H2,1-3H3. The van der Waals surface area contributed by atoms with E-state index in [0.29, 0.717) is 6.73 Å². The van der Waals surface area contributed by atoms with Gasteiger partial charge in [-0.1, -0.05) is 42.5 Å². The number of pyridine rings is 1. The van der Waals surface area contributed by atoms with Gasteiger partial charge in [0.15, 0.2) is 6.73 Å². The predicted octanol–water partition coefficient (Wildman–Crippen LogP) is 6.44. The van der Waals surface area contributed by atoms with Gasteiger partial charge in [-0.15, -0.1) is 0 Å². The van der Waals surface area contributed by atoms with Crippen LogP contribution in [0.2, 0.25) is 0 Å². The van der Waals surface area contributed by atoms with Gasteiger partial charge < -0.3 is 14.5 Å². The zero-order valence-corrected chi connectivity index (χ0v) is 21.9. The van der Waals surface area contributed by atoms with E-state index in [1.54, 1.807) is 0 Å². The van der Waals surface area contributed by atoms with Crippen LogP contribution in [0.3, 0.4) is 0 Å². The van der Waals surface area contributed by atoms with Crippen molar-refractivity contribution in [2.45, 2.75) is 33.2 Å². The summed E-state index contributed by atoms with van der Waals surface area (Å²) >= 11 is 0. The van der Waals surface area contributed by atoms with Gasteiger partial charge >= 0.3 is 0 Å². The van der Waals surface area contributed by atoms with E-state index in [4.69, 9.17) is 14.8 Å². The molecule has 1 unspecified atom stereocenters. The molecule has 0 N–H and O–H groups in total. The van der Waals surface area contributed by atoms with Gasteiger partial charge in [-0.05, 0) is 68.8 Å². The maximum absolute atomic E-state index is 5.53. The average molecular weight is 494 g/mol. The molecule has 0 saturated carbocycles. The Bertz CT molecular complexity index is 1340. The maximum Gasteiger partial charge on any atom is 0.160 e. The Morgan fingerprint density at radius 2 is 1.76 bits per heavy atom. The van der Waals surface area contributed by atoms with Crippen molar-refractivity contribution in [3.63, 3.8) is 0 Å². The van der Waals surface area contributed by atoms with Gasteiger partial charge in [-0.25, -0.2) is 9.99 Å². The predicted molar refractivity (Wildman–Crippen MR) is 155 cm³/mol. The number of anilines is 2. The fourth-order valence-electron chi connectivity index (χ4n) is 4.78. The average Bonchev–Trinajstić information content (AvgIpc) is 3.58. The number of hydrazone groups is 1. The molecule has 0 fully saturated rings. The minimum atomic E-state index is 0.0681. The number of nitrogens with zero attached hydrogens (tertiary/aromatic N) is 5. The smallest absolute Gasteiger partial charge is 0.160 e. The van der Waals surface area contributed by atoms with Crippen LogP contribution < -0.4 is 9.91 Å². The van der Waals surface area contributed by atoms with Gasteiger partial charge in [0.25, 0.3) is 0 Å². The zero-order chi connectivity index (χ0) is 25.6. The molecule has 5 rings (SSSR count). The first-order valence-electron chi connectivity index (χ1n) is 13.2. The van der Waals surface area contributed by atoms with E-state index in [9.17, 15) is 0 Å². The van der Waals surface area contributed by atoms with Crippen LogP contribution in [-0.2, 0) is 4.74 Å². The van der Waals surface area contributed by atoms with E-state index in [1.807, 2.05) is 29.5 Å². The Balaban J connectivity index is 1.39. The number of fused-ring (bicyclic) bond motifs is 1. The van der Waals surface area contributed by atoms with Crippen LogP contribution in [0.5, 0.6) is 0 Å². The minimum absolute atomic E-state index is 0.0681. The SMILES string of the molecule is CCN1COC=C1C=CC1CC(C=Cc2ccc(N(CC)CC)cc2)=NN1c1ccc2ccccc2n1. The third-order valence-electron chi connectivity index (χ3n) is 6.95. The van der Waals surface area contributed by atoms with Crippen molar-refractivity contribution < 1.29 is 4.74 Å². The van der Waals surface area contributed by atoms with Crippen LogP contribution >= 0.6 is 0 Å². The molecule has 3 aromatic rings. The molecule has 1 atom stereocenters. The number of hydrogen-bond acceptors (Lipinski definition) is 6. The first-order chi connectivity index (χ1) is 18.2. The maximum atomic E-state index is 5.53. The van der Waals surface area contributed by atoms with Gasteiger partial charge in [0.1, 0.15) is 12.1 Å². The van der Waals surface area contributed by atoms with Crippen LogP contribution in [0, 0.1) is 0 Å².